The van der Waals surface area contributed by atoms with Gasteiger partial charge in [-0.05, 0) is 18.6 Å². The van der Waals surface area contributed by atoms with Crippen LogP contribution in [0.2, 0.25) is 0 Å². The van der Waals surface area contributed by atoms with Crippen molar-refractivity contribution in [2.24, 2.45) is 5.73 Å². The summed E-state index contributed by atoms with van der Waals surface area (Å²) in [4.78, 5) is 0.298. The fourth-order valence-electron chi connectivity index (χ4n) is 1.50. The summed E-state index contributed by atoms with van der Waals surface area (Å²) in [6.07, 6.45) is 1.08. The van der Waals surface area contributed by atoms with Gasteiger partial charge in [-0.1, -0.05) is 37.3 Å². The molecule has 1 rings (SSSR count). The lowest BCUT2D eigenvalue weighted by atomic mass is 10.3. The van der Waals surface area contributed by atoms with E-state index in [-0.39, 0.29) is 6.54 Å². The zero-order valence-corrected chi connectivity index (χ0v) is 12.5. The van der Waals surface area contributed by atoms with Crippen LogP contribution in [-0.4, -0.2) is 26.5 Å². The minimum absolute atomic E-state index is 0.235. The molecule has 0 fully saturated rings. The van der Waals surface area contributed by atoms with Crippen LogP contribution < -0.4 is 14.8 Å². The number of nitrogens with two attached hydrogens (primary N) is 1. The molecular weight excluding hydrogens is 282 g/mol. The highest BCUT2D eigenvalue weighted by Crippen LogP contribution is 2.17. The number of benzene rings is 1. The predicted molar refractivity (Wildman–Crippen MR) is 82.4 cm³/mol. The minimum atomic E-state index is -3.57. The number of rotatable bonds is 8. The second kappa shape index (κ2) is 7.42. The molecule has 3 N–H and O–H groups in total. The Morgan fingerprint density at radius 1 is 1.37 bits per heavy atom. The Bertz CT molecular complexity index is 503. The van der Waals surface area contributed by atoms with Crippen LogP contribution in [0, 0.1) is 0 Å². The third-order valence-corrected chi connectivity index (χ3v) is 4.18. The van der Waals surface area contributed by atoms with Gasteiger partial charge in [-0.3, -0.25) is 4.31 Å². The molecule has 0 bridgehead atoms. The van der Waals surface area contributed by atoms with Gasteiger partial charge in [0, 0.05) is 19.5 Å². The molecule has 106 valence electrons. The SMILES string of the molecule is CCCNS(=O)(=O)N(CCC(N)=S)c1ccccc1. The smallest absolute Gasteiger partial charge is 0.301 e. The van der Waals surface area contributed by atoms with Gasteiger partial charge in [-0.25, -0.2) is 0 Å². The molecule has 0 aliphatic heterocycles. The van der Waals surface area contributed by atoms with Gasteiger partial charge in [-0.2, -0.15) is 13.1 Å². The van der Waals surface area contributed by atoms with Crippen LogP contribution in [0.5, 0.6) is 0 Å². The molecular formula is C12H19N3O2S2. The fraction of sp³-hybridized carbons (Fsp3) is 0.417. The van der Waals surface area contributed by atoms with Crippen molar-refractivity contribution in [3.05, 3.63) is 30.3 Å². The average molecular weight is 301 g/mol. The van der Waals surface area contributed by atoms with Crippen LogP contribution >= 0.6 is 12.2 Å². The first-order valence-corrected chi connectivity index (χ1v) is 7.93. The normalized spacial score (nSPS) is 11.2. The van der Waals surface area contributed by atoms with Crippen LogP contribution in [0.15, 0.2) is 30.3 Å². The van der Waals surface area contributed by atoms with E-state index in [9.17, 15) is 8.42 Å². The highest BCUT2D eigenvalue weighted by Gasteiger charge is 2.21. The van der Waals surface area contributed by atoms with Gasteiger partial charge in [0.2, 0.25) is 0 Å². The molecule has 0 unspecified atom stereocenters. The Hall–Kier alpha value is -1.18. The number of thiocarbonyl (C=S) groups is 1. The lowest BCUT2D eigenvalue weighted by Gasteiger charge is -2.24. The average Bonchev–Trinajstić information content (AvgIpc) is 2.37. The molecule has 1 aromatic rings. The quantitative estimate of drug-likeness (QED) is 0.712. The standard InChI is InChI=1S/C12H19N3O2S2/c1-2-9-14-19(16,17)15(10-8-12(13)18)11-6-4-3-5-7-11/h3-7,14H,2,8-10H2,1H3,(H2,13,18). The minimum Gasteiger partial charge on any atom is -0.393 e. The summed E-state index contributed by atoms with van der Waals surface area (Å²) in [5.41, 5.74) is 6.05. The van der Waals surface area contributed by atoms with E-state index in [4.69, 9.17) is 18.0 Å². The lowest BCUT2D eigenvalue weighted by molar-refractivity contribution is 0.576. The summed E-state index contributed by atoms with van der Waals surface area (Å²) in [5.74, 6) is 0. The van der Waals surface area contributed by atoms with Gasteiger partial charge in [-0.15, -0.1) is 0 Å². The predicted octanol–water partition coefficient (Wildman–Crippen LogP) is 1.41. The Labute approximate surface area is 120 Å². The molecule has 0 aliphatic rings. The van der Waals surface area contributed by atoms with Crippen LogP contribution in [0.3, 0.4) is 0 Å². The number of nitrogens with zero attached hydrogens (tertiary/aromatic N) is 1. The topological polar surface area (TPSA) is 75.4 Å². The van der Waals surface area contributed by atoms with E-state index in [1.54, 1.807) is 24.3 Å². The molecule has 0 aromatic heterocycles. The lowest BCUT2D eigenvalue weighted by Crippen LogP contribution is -2.42. The molecule has 7 heteroatoms. The Kier molecular flexibility index (Phi) is 6.20. The molecule has 0 amide bonds. The van der Waals surface area contributed by atoms with Crippen molar-refractivity contribution in [2.45, 2.75) is 19.8 Å². The maximum absolute atomic E-state index is 12.2. The second-order valence-electron chi connectivity index (χ2n) is 4.02. The number of nitrogens with one attached hydrogen (secondary N) is 1. The molecule has 0 spiro atoms. The summed E-state index contributed by atoms with van der Waals surface area (Å²) in [7, 11) is -3.57. The first-order valence-electron chi connectivity index (χ1n) is 6.08. The fourth-order valence-corrected chi connectivity index (χ4v) is 2.94. The van der Waals surface area contributed by atoms with Gasteiger partial charge in [0.1, 0.15) is 0 Å². The van der Waals surface area contributed by atoms with Crippen molar-refractivity contribution in [1.29, 1.82) is 0 Å². The van der Waals surface area contributed by atoms with Gasteiger partial charge in [0.15, 0.2) is 0 Å². The van der Waals surface area contributed by atoms with Gasteiger partial charge in [0.25, 0.3) is 0 Å². The van der Waals surface area contributed by atoms with E-state index < -0.39 is 10.2 Å². The summed E-state index contributed by atoms with van der Waals surface area (Å²) in [6, 6.07) is 8.90. The molecule has 0 aliphatic carbocycles. The van der Waals surface area contributed by atoms with Crippen LogP contribution in [-0.2, 0) is 10.2 Å². The molecule has 0 saturated heterocycles. The molecule has 0 radical (unpaired) electrons. The van der Waals surface area contributed by atoms with Crippen molar-refractivity contribution >= 4 is 33.1 Å². The van der Waals surface area contributed by atoms with Crippen molar-refractivity contribution < 1.29 is 8.42 Å². The zero-order valence-electron chi connectivity index (χ0n) is 10.9. The number of hydrogen-bond acceptors (Lipinski definition) is 3. The third kappa shape index (κ3) is 5.14. The number of para-hydroxylation sites is 1. The highest BCUT2D eigenvalue weighted by molar-refractivity contribution is 7.90. The molecule has 0 heterocycles. The molecule has 1 aromatic carbocycles. The van der Waals surface area contributed by atoms with E-state index in [1.807, 2.05) is 13.0 Å². The first-order chi connectivity index (χ1) is 8.97. The molecule has 0 saturated carbocycles. The summed E-state index contributed by atoms with van der Waals surface area (Å²) >= 11 is 4.81. The number of anilines is 1. The van der Waals surface area contributed by atoms with Crippen molar-refractivity contribution in [3.63, 3.8) is 0 Å². The van der Waals surface area contributed by atoms with Crippen LogP contribution in [0.1, 0.15) is 19.8 Å². The van der Waals surface area contributed by atoms with E-state index >= 15 is 0 Å². The van der Waals surface area contributed by atoms with Crippen LogP contribution in [0.4, 0.5) is 5.69 Å². The Morgan fingerprint density at radius 3 is 2.53 bits per heavy atom. The van der Waals surface area contributed by atoms with Crippen LogP contribution in [0.25, 0.3) is 0 Å². The largest absolute Gasteiger partial charge is 0.393 e. The van der Waals surface area contributed by atoms with E-state index in [0.29, 0.717) is 23.6 Å². The Balaban J connectivity index is 2.95. The summed E-state index contributed by atoms with van der Waals surface area (Å²) in [6.45, 7) is 2.54. The van der Waals surface area contributed by atoms with Crippen molar-refractivity contribution in [1.82, 2.24) is 4.72 Å². The van der Waals surface area contributed by atoms with Gasteiger partial charge < -0.3 is 5.73 Å². The van der Waals surface area contributed by atoms with Gasteiger partial charge in [0.05, 0.1) is 10.7 Å². The summed E-state index contributed by atoms with van der Waals surface area (Å²) < 4.78 is 28.3. The Morgan fingerprint density at radius 2 is 2.00 bits per heavy atom. The van der Waals surface area contributed by atoms with Crippen molar-refractivity contribution in [3.8, 4) is 0 Å². The first kappa shape index (κ1) is 15.9. The maximum Gasteiger partial charge on any atom is 0.301 e. The van der Waals surface area contributed by atoms with E-state index in [2.05, 4.69) is 4.72 Å². The summed E-state index contributed by atoms with van der Waals surface area (Å²) in [5, 5.41) is 0. The molecule has 19 heavy (non-hydrogen) atoms. The monoisotopic (exact) mass is 301 g/mol. The highest BCUT2D eigenvalue weighted by atomic mass is 32.2. The van der Waals surface area contributed by atoms with E-state index in [1.165, 1.54) is 4.31 Å². The van der Waals surface area contributed by atoms with Gasteiger partial charge >= 0.3 is 10.2 Å². The maximum atomic E-state index is 12.2. The zero-order chi connectivity index (χ0) is 14.3. The van der Waals surface area contributed by atoms with Crippen molar-refractivity contribution in [2.75, 3.05) is 17.4 Å². The van der Waals surface area contributed by atoms with E-state index in [0.717, 1.165) is 6.42 Å². The second-order valence-corrected chi connectivity index (χ2v) is 6.23. The molecule has 0 atom stereocenters. The number of hydrogen-bond donors (Lipinski definition) is 2. The third-order valence-electron chi connectivity index (χ3n) is 2.43. The molecule has 5 nitrogen and oxygen atoms in total.